The Morgan fingerprint density at radius 1 is 0.963 bits per heavy atom. The summed E-state index contributed by atoms with van der Waals surface area (Å²) in [5.74, 6) is 1.48. The largest absolute Gasteiger partial charge is 0.497 e. The Labute approximate surface area is 168 Å². The Kier molecular flexibility index (Phi) is 6.41. The van der Waals surface area contributed by atoms with E-state index in [1.807, 2.05) is 18.2 Å². The maximum absolute atomic E-state index is 12.8. The molecule has 0 amide bonds. The van der Waals surface area contributed by atoms with Crippen molar-refractivity contribution in [2.45, 2.75) is 11.4 Å². The van der Waals surface area contributed by atoms with Crippen LogP contribution in [0.5, 0.6) is 11.5 Å². The molecule has 0 spiro atoms. The van der Waals surface area contributed by atoms with Gasteiger partial charge in [-0.1, -0.05) is 15.9 Å². The fourth-order valence-electron chi connectivity index (χ4n) is 3.14. The van der Waals surface area contributed by atoms with Gasteiger partial charge < -0.3 is 9.47 Å². The summed E-state index contributed by atoms with van der Waals surface area (Å²) in [5, 5.41) is 0. The van der Waals surface area contributed by atoms with Crippen molar-refractivity contribution in [3.8, 4) is 11.5 Å². The van der Waals surface area contributed by atoms with Gasteiger partial charge in [0, 0.05) is 42.8 Å². The maximum atomic E-state index is 12.8. The van der Waals surface area contributed by atoms with Gasteiger partial charge in [-0.05, 0) is 42.5 Å². The van der Waals surface area contributed by atoms with E-state index in [2.05, 4.69) is 20.8 Å². The lowest BCUT2D eigenvalue weighted by atomic mass is 10.2. The topological polar surface area (TPSA) is 59.1 Å². The van der Waals surface area contributed by atoms with Crippen LogP contribution >= 0.6 is 15.9 Å². The molecular weight excluding hydrogens is 432 g/mol. The minimum Gasteiger partial charge on any atom is -0.497 e. The number of methoxy groups -OCH3 is 2. The third-order valence-corrected chi connectivity index (χ3v) is 7.07. The molecule has 27 heavy (non-hydrogen) atoms. The third kappa shape index (κ3) is 4.63. The van der Waals surface area contributed by atoms with Crippen LogP contribution in [0.15, 0.2) is 51.8 Å². The number of benzene rings is 2. The predicted molar refractivity (Wildman–Crippen MR) is 108 cm³/mol. The number of sulfonamides is 1. The molecule has 0 saturated carbocycles. The second kappa shape index (κ2) is 8.60. The molecule has 146 valence electrons. The fraction of sp³-hybridized carbons (Fsp3) is 0.368. The normalized spacial score (nSPS) is 16.3. The van der Waals surface area contributed by atoms with Crippen LogP contribution in [-0.4, -0.2) is 58.0 Å². The van der Waals surface area contributed by atoms with E-state index in [4.69, 9.17) is 9.47 Å². The van der Waals surface area contributed by atoms with Crippen molar-refractivity contribution in [3.05, 3.63) is 52.5 Å². The highest BCUT2D eigenvalue weighted by Gasteiger charge is 2.28. The van der Waals surface area contributed by atoms with Gasteiger partial charge in [0.1, 0.15) is 11.5 Å². The molecule has 0 N–H and O–H groups in total. The van der Waals surface area contributed by atoms with E-state index in [0.29, 0.717) is 36.8 Å². The summed E-state index contributed by atoms with van der Waals surface area (Å²) in [5.41, 5.74) is 1.08. The Hall–Kier alpha value is -1.61. The second-order valence-corrected chi connectivity index (χ2v) is 9.17. The number of piperazine rings is 1. The lowest BCUT2D eigenvalue weighted by Gasteiger charge is -2.34. The molecule has 0 aromatic heterocycles. The first-order valence-corrected chi connectivity index (χ1v) is 10.9. The summed E-state index contributed by atoms with van der Waals surface area (Å²) in [6, 6.07) is 12.4. The van der Waals surface area contributed by atoms with Gasteiger partial charge in [0.05, 0.1) is 19.1 Å². The maximum Gasteiger partial charge on any atom is 0.243 e. The lowest BCUT2D eigenvalue weighted by Crippen LogP contribution is -2.48. The van der Waals surface area contributed by atoms with Crippen molar-refractivity contribution in [2.75, 3.05) is 40.4 Å². The standard InChI is InChI=1S/C19H23BrN2O4S/c1-25-17-4-6-18(7-5-17)27(23,24)22-11-9-21(10-12-22)14-15-13-16(20)3-8-19(15)26-2/h3-8,13H,9-12,14H2,1-2H3. The van der Waals surface area contributed by atoms with E-state index >= 15 is 0 Å². The molecule has 1 saturated heterocycles. The molecule has 8 heteroatoms. The molecule has 1 fully saturated rings. The first kappa shape index (κ1) is 20.1. The average molecular weight is 455 g/mol. The van der Waals surface area contributed by atoms with Gasteiger partial charge in [-0.15, -0.1) is 0 Å². The molecule has 0 unspecified atom stereocenters. The van der Waals surface area contributed by atoms with Crippen LogP contribution in [0.3, 0.4) is 0 Å². The first-order chi connectivity index (χ1) is 12.9. The van der Waals surface area contributed by atoms with Crippen LogP contribution in [-0.2, 0) is 16.6 Å². The van der Waals surface area contributed by atoms with Gasteiger partial charge in [-0.2, -0.15) is 4.31 Å². The zero-order valence-electron chi connectivity index (χ0n) is 15.4. The van der Waals surface area contributed by atoms with Gasteiger partial charge in [0.15, 0.2) is 0 Å². The summed E-state index contributed by atoms with van der Waals surface area (Å²) in [7, 11) is -0.267. The van der Waals surface area contributed by atoms with E-state index in [1.165, 1.54) is 0 Å². The number of rotatable bonds is 6. The first-order valence-electron chi connectivity index (χ1n) is 8.63. The molecule has 0 radical (unpaired) electrons. The predicted octanol–water partition coefficient (Wildman–Crippen LogP) is 2.97. The van der Waals surface area contributed by atoms with Crippen LogP contribution in [0.25, 0.3) is 0 Å². The SMILES string of the molecule is COc1ccc(S(=O)(=O)N2CCN(Cc3cc(Br)ccc3OC)CC2)cc1. The van der Waals surface area contributed by atoms with Crippen LogP contribution in [0.2, 0.25) is 0 Å². The van der Waals surface area contributed by atoms with E-state index in [-0.39, 0.29) is 0 Å². The summed E-state index contributed by atoms with van der Waals surface area (Å²) < 4.78 is 38.7. The Morgan fingerprint density at radius 2 is 1.63 bits per heavy atom. The highest BCUT2D eigenvalue weighted by Crippen LogP contribution is 2.26. The molecular formula is C19H23BrN2O4S. The van der Waals surface area contributed by atoms with Gasteiger partial charge >= 0.3 is 0 Å². The summed E-state index contributed by atoms with van der Waals surface area (Å²) >= 11 is 3.49. The van der Waals surface area contributed by atoms with Crippen LogP contribution < -0.4 is 9.47 Å². The van der Waals surface area contributed by atoms with Crippen LogP contribution in [0.4, 0.5) is 0 Å². The Balaban J connectivity index is 1.65. The van der Waals surface area contributed by atoms with Crippen molar-refractivity contribution in [1.29, 1.82) is 0 Å². The molecule has 2 aromatic carbocycles. The Morgan fingerprint density at radius 3 is 2.22 bits per heavy atom. The van der Waals surface area contributed by atoms with E-state index in [9.17, 15) is 8.42 Å². The number of halogens is 1. The monoisotopic (exact) mass is 454 g/mol. The van der Waals surface area contributed by atoms with Crippen molar-refractivity contribution >= 4 is 26.0 Å². The second-order valence-electron chi connectivity index (χ2n) is 6.31. The quantitative estimate of drug-likeness (QED) is 0.671. The zero-order valence-corrected chi connectivity index (χ0v) is 17.8. The van der Waals surface area contributed by atoms with Gasteiger partial charge in [0.25, 0.3) is 0 Å². The molecule has 0 aliphatic carbocycles. The fourth-order valence-corrected chi connectivity index (χ4v) is 4.97. The van der Waals surface area contributed by atoms with Crippen molar-refractivity contribution in [3.63, 3.8) is 0 Å². The van der Waals surface area contributed by atoms with Gasteiger partial charge in [-0.3, -0.25) is 4.90 Å². The highest BCUT2D eigenvalue weighted by molar-refractivity contribution is 9.10. The molecule has 1 heterocycles. The minimum atomic E-state index is -3.48. The van der Waals surface area contributed by atoms with Crippen molar-refractivity contribution in [1.82, 2.24) is 9.21 Å². The van der Waals surface area contributed by atoms with Gasteiger partial charge in [0.2, 0.25) is 10.0 Å². The lowest BCUT2D eigenvalue weighted by molar-refractivity contribution is 0.180. The molecule has 3 rings (SSSR count). The number of hydrogen-bond donors (Lipinski definition) is 0. The molecule has 0 atom stereocenters. The van der Waals surface area contributed by atoms with E-state index in [0.717, 1.165) is 22.3 Å². The van der Waals surface area contributed by atoms with Crippen LogP contribution in [0.1, 0.15) is 5.56 Å². The Bertz CT molecular complexity index is 879. The van der Waals surface area contributed by atoms with E-state index < -0.39 is 10.0 Å². The number of nitrogens with zero attached hydrogens (tertiary/aromatic N) is 2. The van der Waals surface area contributed by atoms with E-state index in [1.54, 1.807) is 42.8 Å². The third-order valence-electron chi connectivity index (χ3n) is 4.66. The van der Waals surface area contributed by atoms with Crippen molar-refractivity contribution in [2.24, 2.45) is 0 Å². The highest BCUT2D eigenvalue weighted by atomic mass is 79.9. The molecule has 1 aliphatic heterocycles. The minimum absolute atomic E-state index is 0.297. The summed E-state index contributed by atoms with van der Waals surface area (Å²) in [4.78, 5) is 2.54. The smallest absolute Gasteiger partial charge is 0.243 e. The number of hydrogen-bond acceptors (Lipinski definition) is 5. The summed E-state index contributed by atoms with van der Waals surface area (Å²) in [6.07, 6.45) is 0. The summed E-state index contributed by atoms with van der Waals surface area (Å²) in [6.45, 7) is 2.99. The molecule has 6 nitrogen and oxygen atoms in total. The van der Waals surface area contributed by atoms with Crippen LogP contribution in [0, 0.1) is 0 Å². The molecule has 0 bridgehead atoms. The van der Waals surface area contributed by atoms with Crippen molar-refractivity contribution < 1.29 is 17.9 Å². The number of ether oxygens (including phenoxy) is 2. The molecule has 1 aliphatic rings. The zero-order chi connectivity index (χ0) is 19.4. The molecule has 2 aromatic rings. The van der Waals surface area contributed by atoms with Gasteiger partial charge in [-0.25, -0.2) is 8.42 Å². The average Bonchev–Trinajstić information content (AvgIpc) is 2.68.